The van der Waals surface area contributed by atoms with Crippen molar-refractivity contribution in [1.29, 1.82) is 0 Å². The molecule has 1 saturated heterocycles. The Morgan fingerprint density at radius 2 is 2.14 bits per heavy atom. The predicted octanol–water partition coefficient (Wildman–Crippen LogP) is 5.39. The van der Waals surface area contributed by atoms with E-state index in [2.05, 4.69) is 25.3 Å². The van der Waals surface area contributed by atoms with Crippen molar-refractivity contribution in [2.75, 3.05) is 25.0 Å². The van der Waals surface area contributed by atoms with E-state index in [0.717, 1.165) is 41.5 Å². The molecule has 0 aliphatic carbocycles. The Hall–Kier alpha value is -3.52. The Balaban J connectivity index is 1.30. The van der Waals surface area contributed by atoms with Gasteiger partial charge in [-0.3, -0.25) is 4.79 Å². The summed E-state index contributed by atoms with van der Waals surface area (Å²) in [5.41, 5.74) is 4.22. The molecular weight excluding hydrogens is 467 g/mol. The summed E-state index contributed by atoms with van der Waals surface area (Å²) in [6, 6.07) is 7.60. The standard InChI is InChI=1S/C26H26ClFN6O/c1-15-5-3-7-19(16(15)2)26(35)34-8-4-6-17(14-34)10-29-25-22(28)13-32-24(33-25)21-12-31-23-20(21)9-18(27)11-30-23/h3,5,7,9,11-13,17H,4,6,8,10,14H2,1-2H3,(H,30,31)(H,29,32,33)/t17-/m0/s1. The van der Waals surface area contributed by atoms with Gasteiger partial charge in [0.25, 0.3) is 5.91 Å². The molecule has 35 heavy (non-hydrogen) atoms. The Bertz CT molecular complexity index is 1400. The maximum atomic E-state index is 14.6. The van der Waals surface area contributed by atoms with Crippen LogP contribution in [0.5, 0.6) is 0 Å². The predicted molar refractivity (Wildman–Crippen MR) is 135 cm³/mol. The molecule has 3 aromatic heterocycles. The van der Waals surface area contributed by atoms with Crippen molar-refractivity contribution in [3.05, 3.63) is 70.4 Å². The van der Waals surface area contributed by atoms with E-state index in [1.807, 2.05) is 36.9 Å². The Morgan fingerprint density at radius 3 is 3.00 bits per heavy atom. The SMILES string of the molecule is Cc1cccc(C(=O)N2CCC[C@@H](CNc3nc(-c4c[nH]c5ncc(Cl)cc45)ncc3F)C2)c1C. The Kier molecular flexibility index (Phi) is 6.38. The second-order valence-corrected chi connectivity index (χ2v) is 9.47. The van der Waals surface area contributed by atoms with Crippen LogP contribution in [0.2, 0.25) is 5.02 Å². The van der Waals surface area contributed by atoms with Gasteiger partial charge in [-0.05, 0) is 55.9 Å². The number of nitrogens with one attached hydrogen (secondary N) is 2. The second kappa shape index (κ2) is 9.62. The van der Waals surface area contributed by atoms with E-state index >= 15 is 0 Å². The summed E-state index contributed by atoms with van der Waals surface area (Å²) in [5.74, 6) is 0.227. The first-order chi connectivity index (χ1) is 16.9. The molecule has 5 rings (SSSR count). The zero-order chi connectivity index (χ0) is 24.5. The number of halogens is 2. The molecule has 9 heteroatoms. The summed E-state index contributed by atoms with van der Waals surface area (Å²) in [7, 11) is 0. The molecule has 180 valence electrons. The highest BCUT2D eigenvalue weighted by atomic mass is 35.5. The van der Waals surface area contributed by atoms with Gasteiger partial charge in [0.15, 0.2) is 17.5 Å². The van der Waals surface area contributed by atoms with Gasteiger partial charge in [-0.1, -0.05) is 23.7 Å². The summed E-state index contributed by atoms with van der Waals surface area (Å²) in [6.07, 6.45) is 6.32. The number of piperidine rings is 1. The van der Waals surface area contributed by atoms with Gasteiger partial charge in [0.05, 0.1) is 11.2 Å². The van der Waals surface area contributed by atoms with E-state index in [4.69, 9.17) is 11.6 Å². The number of fused-ring (bicyclic) bond motifs is 1. The van der Waals surface area contributed by atoms with Crippen LogP contribution in [-0.4, -0.2) is 50.4 Å². The van der Waals surface area contributed by atoms with E-state index in [1.54, 1.807) is 18.5 Å². The van der Waals surface area contributed by atoms with Gasteiger partial charge in [0, 0.05) is 48.5 Å². The van der Waals surface area contributed by atoms with Crippen molar-refractivity contribution in [3.8, 4) is 11.4 Å². The molecule has 4 aromatic rings. The molecule has 2 N–H and O–H groups in total. The van der Waals surface area contributed by atoms with E-state index in [1.165, 1.54) is 6.20 Å². The number of carbonyl (C=O) groups is 1. The number of benzene rings is 1. The topological polar surface area (TPSA) is 86.8 Å². The number of hydrogen-bond acceptors (Lipinski definition) is 5. The molecule has 1 aliphatic heterocycles. The number of aromatic nitrogens is 4. The van der Waals surface area contributed by atoms with Crippen LogP contribution in [0.15, 0.2) is 42.9 Å². The van der Waals surface area contributed by atoms with Gasteiger partial charge in [-0.2, -0.15) is 0 Å². The van der Waals surface area contributed by atoms with Gasteiger partial charge in [0.2, 0.25) is 0 Å². The fourth-order valence-corrected chi connectivity index (χ4v) is 4.75. The number of hydrogen-bond donors (Lipinski definition) is 2. The van der Waals surface area contributed by atoms with Crippen LogP contribution in [0.25, 0.3) is 22.4 Å². The third-order valence-corrected chi connectivity index (χ3v) is 6.89. The lowest BCUT2D eigenvalue weighted by Gasteiger charge is -2.33. The lowest BCUT2D eigenvalue weighted by atomic mass is 9.96. The first-order valence-electron chi connectivity index (χ1n) is 11.7. The van der Waals surface area contributed by atoms with Crippen molar-refractivity contribution in [2.45, 2.75) is 26.7 Å². The number of anilines is 1. The van der Waals surface area contributed by atoms with Crippen LogP contribution in [-0.2, 0) is 0 Å². The van der Waals surface area contributed by atoms with E-state index in [9.17, 15) is 9.18 Å². The molecule has 1 aliphatic rings. The van der Waals surface area contributed by atoms with Crippen LogP contribution in [0.4, 0.5) is 10.2 Å². The minimum Gasteiger partial charge on any atom is -0.367 e. The van der Waals surface area contributed by atoms with Crippen molar-refractivity contribution in [2.24, 2.45) is 5.92 Å². The van der Waals surface area contributed by atoms with E-state index < -0.39 is 5.82 Å². The molecule has 0 radical (unpaired) electrons. The van der Waals surface area contributed by atoms with Crippen LogP contribution in [0, 0.1) is 25.6 Å². The largest absolute Gasteiger partial charge is 0.367 e. The van der Waals surface area contributed by atoms with Crippen molar-refractivity contribution >= 4 is 34.4 Å². The van der Waals surface area contributed by atoms with Crippen LogP contribution < -0.4 is 5.32 Å². The second-order valence-electron chi connectivity index (χ2n) is 9.03. The molecule has 0 unspecified atom stereocenters. The van der Waals surface area contributed by atoms with Gasteiger partial charge in [-0.25, -0.2) is 19.3 Å². The molecule has 4 heterocycles. The summed E-state index contributed by atoms with van der Waals surface area (Å²) >= 11 is 6.10. The molecule has 1 fully saturated rings. The molecule has 1 amide bonds. The van der Waals surface area contributed by atoms with E-state index in [0.29, 0.717) is 35.1 Å². The summed E-state index contributed by atoms with van der Waals surface area (Å²) < 4.78 is 14.6. The number of nitrogens with zero attached hydrogens (tertiary/aromatic N) is 4. The number of rotatable bonds is 5. The Morgan fingerprint density at radius 1 is 1.29 bits per heavy atom. The summed E-state index contributed by atoms with van der Waals surface area (Å²) in [4.78, 5) is 31.0. The normalized spacial score (nSPS) is 16.0. The van der Waals surface area contributed by atoms with Gasteiger partial charge < -0.3 is 15.2 Å². The van der Waals surface area contributed by atoms with E-state index in [-0.39, 0.29) is 17.6 Å². The minimum atomic E-state index is -0.524. The number of amides is 1. The lowest BCUT2D eigenvalue weighted by Crippen LogP contribution is -2.42. The van der Waals surface area contributed by atoms with Crippen molar-refractivity contribution < 1.29 is 9.18 Å². The van der Waals surface area contributed by atoms with Crippen molar-refractivity contribution in [1.82, 2.24) is 24.8 Å². The maximum Gasteiger partial charge on any atom is 0.254 e. The Labute approximate surface area is 207 Å². The molecule has 1 aromatic carbocycles. The fourth-order valence-electron chi connectivity index (χ4n) is 4.59. The average Bonchev–Trinajstić information content (AvgIpc) is 3.28. The highest BCUT2D eigenvalue weighted by molar-refractivity contribution is 6.31. The quantitative estimate of drug-likeness (QED) is 0.390. The highest BCUT2D eigenvalue weighted by Crippen LogP contribution is 2.28. The molecule has 7 nitrogen and oxygen atoms in total. The lowest BCUT2D eigenvalue weighted by molar-refractivity contribution is 0.0679. The number of H-pyrrole nitrogens is 1. The van der Waals surface area contributed by atoms with Crippen LogP contribution in [0.3, 0.4) is 0 Å². The number of aromatic amines is 1. The van der Waals surface area contributed by atoms with Crippen molar-refractivity contribution in [3.63, 3.8) is 0 Å². The number of aryl methyl sites for hydroxylation is 1. The fraction of sp³-hybridized carbons (Fsp3) is 0.308. The zero-order valence-electron chi connectivity index (χ0n) is 19.6. The highest BCUT2D eigenvalue weighted by Gasteiger charge is 2.26. The summed E-state index contributed by atoms with van der Waals surface area (Å²) in [5, 5.41) is 4.41. The number of pyridine rings is 1. The first kappa shape index (κ1) is 23.2. The zero-order valence-corrected chi connectivity index (χ0v) is 20.4. The molecule has 0 bridgehead atoms. The number of likely N-dealkylation sites (tertiary alicyclic amines) is 1. The summed E-state index contributed by atoms with van der Waals surface area (Å²) in [6.45, 7) is 5.85. The number of carbonyl (C=O) groups excluding carboxylic acids is 1. The molecule has 0 spiro atoms. The smallest absolute Gasteiger partial charge is 0.254 e. The third kappa shape index (κ3) is 4.71. The van der Waals surface area contributed by atoms with Gasteiger partial charge >= 0.3 is 0 Å². The first-order valence-corrected chi connectivity index (χ1v) is 12.0. The van der Waals surface area contributed by atoms with Crippen LogP contribution in [0.1, 0.15) is 34.3 Å². The molecule has 0 saturated carbocycles. The molecule has 1 atom stereocenters. The monoisotopic (exact) mass is 492 g/mol. The minimum absolute atomic E-state index is 0.0537. The van der Waals surface area contributed by atoms with Crippen LogP contribution >= 0.6 is 11.6 Å². The maximum absolute atomic E-state index is 14.6. The average molecular weight is 493 g/mol. The van der Waals surface area contributed by atoms with Gasteiger partial charge in [0.1, 0.15) is 5.65 Å². The third-order valence-electron chi connectivity index (χ3n) is 6.68. The van der Waals surface area contributed by atoms with Gasteiger partial charge in [-0.15, -0.1) is 0 Å². The molecular formula is C26H26ClFN6O.